The van der Waals surface area contributed by atoms with E-state index in [-0.39, 0.29) is 74.6 Å². The highest BCUT2D eigenvalue weighted by molar-refractivity contribution is 6.31. The average molecular weight is 1400 g/mol. The van der Waals surface area contributed by atoms with Crippen LogP contribution in [-0.2, 0) is 70.1 Å². The SMILES string of the molecule is CC[C@H](C)[C@@H]1NC(=O)[C@H](CC(C)C)N(C)C(=O)C[C@@H](C(=O)N2CCCC2)N(C)C(=O)[C@H]([C@@H](C)CC)N(C)C(=O)C2(CCCC2)NC(=O)C2=CCCN2C(=O)[C@H](CCc2ccc(C(F)(F)F)c(Cl)c2)NC(=O)CN(C)C(=O)[C@H](CC2CCCCC2)N(C)C(=O)CN(C)C(=O)CN(C)C1=O. The molecule has 3 heterocycles. The third-order valence-electron chi connectivity index (χ3n) is 20.8. The van der Waals surface area contributed by atoms with Crippen LogP contribution < -0.4 is 16.0 Å². The third-order valence-corrected chi connectivity index (χ3v) is 21.1. The summed E-state index contributed by atoms with van der Waals surface area (Å²) in [5.74, 6) is -9.38. The van der Waals surface area contributed by atoms with E-state index in [0.717, 1.165) is 63.8 Å². The lowest BCUT2D eigenvalue weighted by molar-refractivity contribution is -0.156. The number of benzene rings is 1. The molecule has 12 amide bonds. The van der Waals surface area contributed by atoms with Crippen molar-refractivity contribution in [2.45, 2.75) is 212 Å². The molecule has 2 saturated carbocycles. The van der Waals surface area contributed by atoms with Gasteiger partial charge in [-0.15, -0.1) is 0 Å². The maximum atomic E-state index is 15.5. The first-order chi connectivity index (χ1) is 46.1. The monoisotopic (exact) mass is 1400 g/mol. The van der Waals surface area contributed by atoms with Crippen molar-refractivity contribution in [1.29, 1.82) is 0 Å². The predicted octanol–water partition coefficient (Wildman–Crippen LogP) is 5.62. The summed E-state index contributed by atoms with van der Waals surface area (Å²) in [7, 11) is 9.83. The van der Waals surface area contributed by atoms with E-state index in [9.17, 15) is 56.3 Å². The molecule has 0 unspecified atom stereocenters. The molecule has 28 heteroatoms. The lowest BCUT2D eigenvalue weighted by atomic mass is 9.84. The summed E-state index contributed by atoms with van der Waals surface area (Å²) < 4.78 is 41.5. The molecular weight excluding hydrogens is 1290 g/mol. The molecule has 3 aliphatic heterocycles. The van der Waals surface area contributed by atoms with E-state index in [1.54, 1.807) is 18.7 Å². The molecule has 2 saturated heterocycles. The quantitative estimate of drug-likeness (QED) is 0.230. The van der Waals surface area contributed by atoms with E-state index in [0.29, 0.717) is 51.6 Å². The fourth-order valence-corrected chi connectivity index (χ4v) is 14.5. The molecule has 1 aromatic rings. The van der Waals surface area contributed by atoms with Gasteiger partial charge < -0.3 is 60.0 Å². The highest BCUT2D eigenvalue weighted by atomic mass is 35.5. The minimum Gasteiger partial charge on any atom is -0.343 e. The number of fused-ring (bicyclic) bond motifs is 1. The number of hydrogen-bond donors (Lipinski definition) is 3. The van der Waals surface area contributed by atoms with Gasteiger partial charge in [-0.3, -0.25) is 57.5 Å². The Balaban J connectivity index is 1.42. The number of carbonyl (C=O) groups excluding carboxylic acids is 12. The maximum absolute atomic E-state index is 15.5. The van der Waals surface area contributed by atoms with Crippen molar-refractivity contribution in [3.8, 4) is 0 Å². The first-order valence-electron chi connectivity index (χ1n) is 34.9. The predicted molar refractivity (Wildman–Crippen MR) is 362 cm³/mol. The number of alkyl halides is 3. The summed E-state index contributed by atoms with van der Waals surface area (Å²) in [5, 5.41) is 7.99. The summed E-state index contributed by atoms with van der Waals surface area (Å²) in [6.45, 7) is 9.86. The number of carbonyl (C=O) groups is 12. The van der Waals surface area contributed by atoms with Crippen molar-refractivity contribution in [1.82, 2.24) is 60.0 Å². The van der Waals surface area contributed by atoms with Crippen LogP contribution in [-0.4, -0.2) is 245 Å². The third kappa shape index (κ3) is 19.8. The number of nitrogens with zero attached hydrogens (tertiary/aromatic N) is 9. The van der Waals surface area contributed by atoms with Crippen molar-refractivity contribution in [3.63, 3.8) is 0 Å². The van der Waals surface area contributed by atoms with Crippen LogP contribution in [0.25, 0.3) is 0 Å². The zero-order valence-electron chi connectivity index (χ0n) is 59.7. The first kappa shape index (κ1) is 79.7. The maximum Gasteiger partial charge on any atom is 0.417 e. The Morgan fingerprint density at radius 3 is 1.85 bits per heavy atom. The van der Waals surface area contributed by atoms with Crippen molar-refractivity contribution in [2.24, 2.45) is 23.7 Å². The van der Waals surface area contributed by atoms with Crippen LogP contribution in [0.1, 0.15) is 168 Å². The molecule has 0 radical (unpaired) electrons. The molecule has 546 valence electrons. The van der Waals surface area contributed by atoms with Gasteiger partial charge in [0.25, 0.3) is 5.91 Å². The first-order valence-corrected chi connectivity index (χ1v) is 35.3. The zero-order valence-corrected chi connectivity index (χ0v) is 60.5. The summed E-state index contributed by atoms with van der Waals surface area (Å²) in [5.41, 5.74) is -2.57. The lowest BCUT2D eigenvalue weighted by Crippen LogP contribution is -2.64. The topological polar surface area (TPSA) is 270 Å². The molecule has 2 aliphatic carbocycles. The molecule has 8 atom stereocenters. The van der Waals surface area contributed by atoms with E-state index in [2.05, 4.69) is 16.0 Å². The van der Waals surface area contributed by atoms with Crippen LogP contribution in [0, 0.1) is 23.7 Å². The molecular formula is C70H106ClF3N12O12. The van der Waals surface area contributed by atoms with Crippen molar-refractivity contribution >= 4 is 82.5 Å². The summed E-state index contributed by atoms with van der Waals surface area (Å²) in [4.78, 5) is 189. The zero-order chi connectivity index (χ0) is 72.8. The number of aryl methyl sites for hydroxylation is 1. The number of likely N-dealkylation sites (N-methyl/N-ethyl adjacent to an activating group) is 7. The highest BCUT2D eigenvalue weighted by Gasteiger charge is 2.50. The van der Waals surface area contributed by atoms with Gasteiger partial charge in [-0.05, 0) is 99.2 Å². The van der Waals surface area contributed by atoms with Crippen LogP contribution in [0.15, 0.2) is 30.0 Å². The summed E-state index contributed by atoms with van der Waals surface area (Å²) in [6.07, 6.45) is 4.00. The fourth-order valence-electron chi connectivity index (χ4n) is 14.2. The average Bonchev–Trinajstić information content (AvgIpc) is 1.37. The molecule has 6 rings (SSSR count). The molecule has 0 bridgehead atoms. The standard InChI is InChI=1S/C70H106ClF3N12O12/c1-14-44(5)59-66(96)80(9)41-57(89)78(7)42-58(90)82(11)53(38-46-24-17-16-18-25-46)64(94)79(8)40-55(87)75-50(30-28-47-27-29-48(49(71)37-47)70(72,73)74)63(93)86-35-23-26-51(86)62(92)77-69(31-19-20-32-69)68(98)84(13)60(45(6)15-2)67(97)83(12)54(65(95)85-33-21-22-34-85)39-56(88)81(10)52(36-43(3)4)61(91)76-59/h26-27,29,37,43-46,50,52-54,59-60H,14-25,28,30-36,38-42H2,1-13H3,(H,75,87)(H,76,91)(H,77,92)/t44-,45-,50-,52-,53-,54-,59-,60-/m0/s1. The van der Waals surface area contributed by atoms with Gasteiger partial charge in [-0.2, -0.15) is 13.2 Å². The molecule has 1 aromatic carbocycles. The van der Waals surface area contributed by atoms with E-state index in [1.807, 2.05) is 27.7 Å². The molecule has 98 heavy (non-hydrogen) atoms. The normalized spacial score (nSPS) is 25.5. The smallest absolute Gasteiger partial charge is 0.343 e. The number of hydrogen-bond acceptors (Lipinski definition) is 12. The van der Waals surface area contributed by atoms with Crippen molar-refractivity contribution in [3.05, 3.63) is 46.1 Å². The Morgan fingerprint density at radius 2 is 1.26 bits per heavy atom. The lowest BCUT2D eigenvalue weighted by Gasteiger charge is -2.41. The fraction of sp³-hybridized carbons (Fsp3) is 0.714. The summed E-state index contributed by atoms with van der Waals surface area (Å²) >= 11 is 6.14. The van der Waals surface area contributed by atoms with Crippen LogP contribution in [0.4, 0.5) is 13.2 Å². The van der Waals surface area contributed by atoms with E-state index in [4.69, 9.17) is 11.6 Å². The van der Waals surface area contributed by atoms with Gasteiger partial charge in [0, 0.05) is 69.0 Å². The van der Waals surface area contributed by atoms with Crippen LogP contribution in [0.2, 0.25) is 5.02 Å². The van der Waals surface area contributed by atoms with Crippen LogP contribution >= 0.6 is 11.6 Å². The number of likely N-dealkylation sites (tertiary alicyclic amines) is 1. The van der Waals surface area contributed by atoms with Gasteiger partial charge in [-0.1, -0.05) is 123 Å². The minimum atomic E-state index is -4.77. The second kappa shape index (κ2) is 35.1. The Morgan fingerprint density at radius 1 is 0.653 bits per heavy atom. The van der Waals surface area contributed by atoms with Crippen molar-refractivity contribution in [2.75, 3.05) is 88.6 Å². The molecule has 1 spiro atoms. The largest absolute Gasteiger partial charge is 0.417 e. The second-order valence-electron chi connectivity index (χ2n) is 28.5. The van der Waals surface area contributed by atoms with Gasteiger partial charge >= 0.3 is 6.18 Å². The Bertz CT molecular complexity index is 3110. The Hall–Kier alpha value is -7.32. The Kier molecular flexibility index (Phi) is 28.6. The van der Waals surface area contributed by atoms with Gasteiger partial charge in [0.1, 0.15) is 47.5 Å². The number of nitrogens with one attached hydrogen (secondary N) is 3. The molecule has 5 aliphatic rings. The Labute approximate surface area is 580 Å². The van der Waals surface area contributed by atoms with Gasteiger partial charge in [0.15, 0.2) is 0 Å². The molecule has 4 fully saturated rings. The molecule has 0 aromatic heterocycles. The van der Waals surface area contributed by atoms with Gasteiger partial charge in [0.05, 0.1) is 36.6 Å². The van der Waals surface area contributed by atoms with E-state index in [1.165, 1.54) is 81.1 Å². The summed E-state index contributed by atoms with van der Waals surface area (Å²) in [6, 6.07) is -4.56. The number of halogens is 4. The number of rotatable bonds is 12. The van der Waals surface area contributed by atoms with Gasteiger partial charge in [0.2, 0.25) is 65.0 Å². The van der Waals surface area contributed by atoms with E-state index < -0.39 is 167 Å². The highest BCUT2D eigenvalue weighted by Crippen LogP contribution is 2.37. The van der Waals surface area contributed by atoms with Crippen LogP contribution in [0.5, 0.6) is 0 Å². The molecule has 3 N–H and O–H groups in total. The van der Waals surface area contributed by atoms with Crippen LogP contribution in [0.3, 0.4) is 0 Å². The van der Waals surface area contributed by atoms with E-state index >= 15 is 14.4 Å². The number of amides is 12. The minimum absolute atomic E-state index is 0.0132. The molecule has 24 nitrogen and oxygen atoms in total. The van der Waals surface area contributed by atoms with Crippen molar-refractivity contribution < 1.29 is 70.7 Å². The second-order valence-corrected chi connectivity index (χ2v) is 28.9. The van der Waals surface area contributed by atoms with Gasteiger partial charge in [-0.25, -0.2) is 0 Å².